The second kappa shape index (κ2) is 18.4. The predicted molar refractivity (Wildman–Crippen MR) is 190 cm³/mol. The van der Waals surface area contributed by atoms with Crippen LogP contribution in [0.1, 0.15) is 244 Å². The van der Waals surface area contributed by atoms with Crippen molar-refractivity contribution >= 4 is 0 Å². The number of hydrogen-bond acceptors (Lipinski definition) is 0. The fourth-order valence-corrected chi connectivity index (χ4v) is 13.2. The van der Waals surface area contributed by atoms with E-state index in [9.17, 15) is 0 Å². The molecule has 0 heterocycles. The lowest BCUT2D eigenvalue weighted by atomic mass is 9.37. The van der Waals surface area contributed by atoms with Gasteiger partial charge in [-0.1, -0.05) is 180 Å². The van der Waals surface area contributed by atoms with E-state index in [2.05, 4.69) is 0 Å². The van der Waals surface area contributed by atoms with Crippen molar-refractivity contribution in [1.82, 2.24) is 0 Å². The Balaban J connectivity index is 1.65. The summed E-state index contributed by atoms with van der Waals surface area (Å²) in [6.07, 6.45) is 59.4. The molecule has 0 amide bonds. The molecule has 0 aromatic carbocycles. The van der Waals surface area contributed by atoms with E-state index in [1.807, 2.05) is 0 Å². The van der Waals surface area contributed by atoms with E-state index in [1.54, 1.807) is 167 Å². The van der Waals surface area contributed by atoms with Gasteiger partial charge in [-0.15, -0.1) is 0 Å². The van der Waals surface area contributed by atoms with Crippen LogP contribution in [0, 0.1) is 28.1 Å². The maximum atomic E-state index is 1.64. The van der Waals surface area contributed by atoms with Crippen LogP contribution < -0.4 is 0 Å². The Labute approximate surface area is 271 Å². The molecule has 5 fully saturated rings. The van der Waals surface area contributed by atoms with Gasteiger partial charge in [-0.3, -0.25) is 0 Å². The van der Waals surface area contributed by atoms with Crippen molar-refractivity contribution in [2.45, 2.75) is 244 Å². The molecule has 5 rings (SSSR count). The van der Waals surface area contributed by atoms with Gasteiger partial charge < -0.3 is 0 Å². The molecular weight excluding hydrogens is 516 g/mol. The highest BCUT2D eigenvalue weighted by Gasteiger charge is 2.64. The van der Waals surface area contributed by atoms with E-state index in [-0.39, 0.29) is 0 Å². The van der Waals surface area contributed by atoms with Crippen LogP contribution in [0.4, 0.5) is 0 Å². The average Bonchev–Trinajstić information content (AvgIpc) is 3.28. The molecule has 0 unspecified atom stereocenters. The van der Waals surface area contributed by atoms with Crippen molar-refractivity contribution in [2.75, 3.05) is 0 Å². The third-order valence-electron chi connectivity index (χ3n) is 15.1. The van der Waals surface area contributed by atoms with Crippen LogP contribution in [-0.4, -0.2) is 0 Å². The monoisotopic (exact) mass is 595 g/mol. The van der Waals surface area contributed by atoms with Gasteiger partial charge in [-0.05, 0) is 92.3 Å². The fourth-order valence-electron chi connectivity index (χ4n) is 13.2. The molecule has 5 aliphatic rings. The first-order valence-electron chi connectivity index (χ1n) is 21.3. The summed E-state index contributed by atoms with van der Waals surface area (Å²) in [5.74, 6) is 2.08. The minimum atomic E-state index is 0.633. The normalized spacial score (nSPS) is 30.4. The quantitative estimate of drug-likeness (QED) is 0.284. The molecule has 0 spiro atoms. The first kappa shape index (κ1) is 34.3. The summed E-state index contributed by atoms with van der Waals surface area (Å²) in [6, 6.07) is 0. The molecule has 0 radical (unpaired) electrons. The zero-order valence-electron chi connectivity index (χ0n) is 29.5. The Morgan fingerprint density at radius 2 is 0.419 bits per heavy atom. The molecule has 0 aromatic rings. The topological polar surface area (TPSA) is 0 Å². The third kappa shape index (κ3) is 8.48. The minimum absolute atomic E-state index is 0.633. The van der Waals surface area contributed by atoms with Gasteiger partial charge in [0.05, 0.1) is 0 Å². The van der Waals surface area contributed by atoms with Crippen LogP contribution in [0.2, 0.25) is 0 Å². The van der Waals surface area contributed by atoms with Crippen LogP contribution >= 0.6 is 0 Å². The predicted octanol–water partition coefficient (Wildman–Crippen LogP) is 15.1. The van der Waals surface area contributed by atoms with Gasteiger partial charge in [-0.25, -0.2) is 0 Å². The smallest absolute Gasteiger partial charge is 0.0179 e. The van der Waals surface area contributed by atoms with Gasteiger partial charge in [0.25, 0.3) is 0 Å². The first-order valence-corrected chi connectivity index (χ1v) is 21.3. The first-order chi connectivity index (χ1) is 21.3. The highest BCUT2D eigenvalue weighted by atomic mass is 14.7. The van der Waals surface area contributed by atoms with Crippen molar-refractivity contribution in [1.29, 1.82) is 0 Å². The molecule has 0 atom stereocenters. The zero-order valence-corrected chi connectivity index (χ0v) is 29.5. The van der Waals surface area contributed by atoms with Crippen molar-refractivity contribution < 1.29 is 0 Å². The van der Waals surface area contributed by atoms with E-state index in [1.165, 1.54) is 77.0 Å². The van der Waals surface area contributed by atoms with E-state index >= 15 is 0 Å². The fraction of sp³-hybridized carbons (Fsp3) is 1.00. The van der Waals surface area contributed by atoms with Crippen LogP contribution in [0.3, 0.4) is 0 Å². The molecule has 0 aromatic heterocycles. The molecule has 43 heavy (non-hydrogen) atoms. The van der Waals surface area contributed by atoms with Gasteiger partial charge in [0.15, 0.2) is 0 Å². The molecule has 250 valence electrons. The van der Waals surface area contributed by atoms with E-state index in [0.717, 1.165) is 11.8 Å². The van der Waals surface area contributed by atoms with Crippen molar-refractivity contribution in [3.63, 3.8) is 0 Å². The number of rotatable bonds is 4. The van der Waals surface area contributed by atoms with E-state index < -0.39 is 0 Å². The lowest BCUT2D eigenvalue weighted by Crippen LogP contribution is -2.60. The van der Waals surface area contributed by atoms with Gasteiger partial charge in [-0.2, -0.15) is 0 Å². The molecular formula is C43H78. The van der Waals surface area contributed by atoms with Crippen molar-refractivity contribution in [3.05, 3.63) is 0 Å². The molecule has 0 bridgehead atoms. The Morgan fingerprint density at radius 1 is 0.209 bits per heavy atom. The summed E-state index contributed by atoms with van der Waals surface area (Å²) in [7, 11) is 0. The Hall–Kier alpha value is 0. The summed E-state index contributed by atoms with van der Waals surface area (Å²) < 4.78 is 0. The lowest BCUT2D eigenvalue weighted by Gasteiger charge is -2.68. The van der Waals surface area contributed by atoms with E-state index in [0.29, 0.717) is 16.2 Å². The third-order valence-corrected chi connectivity index (χ3v) is 15.1. The second-order valence-corrected chi connectivity index (χ2v) is 17.3. The van der Waals surface area contributed by atoms with Gasteiger partial charge in [0, 0.05) is 0 Å². The second-order valence-electron chi connectivity index (χ2n) is 17.3. The highest BCUT2D eigenvalue weighted by molar-refractivity contribution is 5.13. The number of hydrogen-bond donors (Lipinski definition) is 0. The van der Waals surface area contributed by atoms with Crippen LogP contribution in [0.25, 0.3) is 0 Å². The Kier molecular flexibility index (Phi) is 14.7. The molecule has 0 heteroatoms. The minimum Gasteiger partial charge on any atom is -0.0533 e. The molecule has 5 aliphatic carbocycles. The SMILES string of the molecule is C1CCCCCC(C2(C3(C4(C5CCCCC5)CCCCCC4)CCCCCCC3)CCCCCCCCC2)CCCCC1. The Bertz CT molecular complexity index is 688. The van der Waals surface area contributed by atoms with Crippen LogP contribution in [0.5, 0.6) is 0 Å². The van der Waals surface area contributed by atoms with Crippen LogP contribution in [0.15, 0.2) is 0 Å². The molecule has 0 N–H and O–H groups in total. The zero-order chi connectivity index (χ0) is 29.5. The molecule has 0 nitrogen and oxygen atoms in total. The largest absolute Gasteiger partial charge is 0.0533 e. The summed E-state index contributed by atoms with van der Waals surface area (Å²) in [5, 5.41) is 0. The van der Waals surface area contributed by atoms with Crippen LogP contribution in [-0.2, 0) is 0 Å². The highest BCUT2D eigenvalue weighted by Crippen LogP contribution is 2.72. The molecule has 0 aliphatic heterocycles. The van der Waals surface area contributed by atoms with Gasteiger partial charge in [0.1, 0.15) is 0 Å². The Morgan fingerprint density at radius 3 is 0.721 bits per heavy atom. The van der Waals surface area contributed by atoms with Gasteiger partial charge >= 0.3 is 0 Å². The molecule has 0 saturated heterocycles. The summed E-state index contributed by atoms with van der Waals surface area (Å²) >= 11 is 0. The van der Waals surface area contributed by atoms with Gasteiger partial charge in [0.2, 0.25) is 0 Å². The summed E-state index contributed by atoms with van der Waals surface area (Å²) in [5.41, 5.74) is 1.93. The standard InChI is InChI=1S/C43H78/c1-2-5-10-19-29-39(30-20-11-6-3-1)41(33-23-12-7-4-8-13-24-34-41)43(37-27-14-9-15-28-38-43)42(35-25-16-17-26-36-42)40-31-21-18-22-32-40/h39-40H,1-38H2. The van der Waals surface area contributed by atoms with E-state index in [4.69, 9.17) is 0 Å². The average molecular weight is 595 g/mol. The lowest BCUT2D eigenvalue weighted by molar-refractivity contribution is -0.188. The van der Waals surface area contributed by atoms with Crippen molar-refractivity contribution in [3.8, 4) is 0 Å². The van der Waals surface area contributed by atoms with Crippen molar-refractivity contribution in [2.24, 2.45) is 28.1 Å². The maximum Gasteiger partial charge on any atom is -0.0179 e. The summed E-state index contributed by atoms with van der Waals surface area (Å²) in [4.78, 5) is 0. The molecule has 5 saturated carbocycles. The summed E-state index contributed by atoms with van der Waals surface area (Å²) in [6.45, 7) is 0. The maximum absolute atomic E-state index is 1.64.